The fourth-order valence-electron chi connectivity index (χ4n) is 4.47. The molecule has 2 aromatic heterocycles. The minimum absolute atomic E-state index is 0.0854. The van der Waals surface area contributed by atoms with Crippen LogP contribution < -0.4 is 16.0 Å². The van der Waals surface area contributed by atoms with Crippen LogP contribution in [0.4, 0.5) is 36.3 Å². The van der Waals surface area contributed by atoms with Crippen LogP contribution in [0.3, 0.4) is 0 Å². The van der Waals surface area contributed by atoms with Gasteiger partial charge < -0.3 is 20.7 Å². The summed E-state index contributed by atoms with van der Waals surface area (Å²) < 4.78 is 48.9. The Morgan fingerprint density at radius 3 is 2.61 bits per heavy atom. The molecule has 13 heteroatoms. The van der Waals surface area contributed by atoms with Crippen LogP contribution in [0, 0.1) is 6.92 Å². The first-order chi connectivity index (χ1) is 19.7. The lowest BCUT2D eigenvalue weighted by atomic mass is 10.0. The molecule has 0 radical (unpaired) electrons. The van der Waals surface area contributed by atoms with E-state index < -0.39 is 17.6 Å². The lowest BCUT2D eigenvalue weighted by Gasteiger charge is -2.27. The molecule has 41 heavy (non-hydrogen) atoms. The van der Waals surface area contributed by atoms with E-state index in [1.165, 1.54) is 18.5 Å². The molecule has 3 N–H and O–H groups in total. The van der Waals surface area contributed by atoms with Crippen LogP contribution in [0.25, 0.3) is 5.82 Å². The van der Waals surface area contributed by atoms with E-state index in [0.717, 1.165) is 11.6 Å². The summed E-state index contributed by atoms with van der Waals surface area (Å²) in [6, 6.07) is 10.7. The Morgan fingerprint density at radius 2 is 1.85 bits per heavy atom. The SMILES string of the molecule is CNc1cc(-n2ccnc2Nc2cc(NC(=O)c3ccc(CN4CCOCC4)c(C(F)(F)F)c3)ccc2C)ncn1. The lowest BCUT2D eigenvalue weighted by Crippen LogP contribution is -2.36. The van der Waals surface area contributed by atoms with Crippen LogP contribution >= 0.6 is 0 Å². The third-order valence-corrected chi connectivity index (χ3v) is 6.71. The van der Waals surface area contributed by atoms with Gasteiger partial charge in [-0.05, 0) is 42.3 Å². The van der Waals surface area contributed by atoms with Gasteiger partial charge in [0.25, 0.3) is 5.91 Å². The van der Waals surface area contributed by atoms with Gasteiger partial charge in [-0.3, -0.25) is 14.3 Å². The molecule has 1 aliphatic rings. The van der Waals surface area contributed by atoms with E-state index in [4.69, 9.17) is 4.74 Å². The summed E-state index contributed by atoms with van der Waals surface area (Å²) in [5.74, 6) is 1.05. The Bertz CT molecular complexity index is 1530. The number of morpholine rings is 1. The second-order valence-corrected chi connectivity index (χ2v) is 9.50. The molecule has 0 saturated carbocycles. The van der Waals surface area contributed by atoms with Crippen molar-refractivity contribution >= 4 is 29.0 Å². The van der Waals surface area contributed by atoms with Gasteiger partial charge in [0, 0.05) is 62.1 Å². The third kappa shape index (κ3) is 6.64. The predicted octanol–water partition coefficient (Wildman–Crippen LogP) is 4.86. The molecule has 1 saturated heterocycles. The van der Waals surface area contributed by atoms with Crippen molar-refractivity contribution in [2.45, 2.75) is 19.6 Å². The van der Waals surface area contributed by atoms with E-state index in [1.807, 2.05) is 11.8 Å². The second kappa shape index (κ2) is 11.9. The largest absolute Gasteiger partial charge is 0.416 e. The minimum atomic E-state index is -4.60. The van der Waals surface area contributed by atoms with Gasteiger partial charge in [0.15, 0.2) is 0 Å². The number of hydrogen-bond acceptors (Lipinski definition) is 8. The standard InChI is InChI=1S/C28H29F3N8O2/c1-18-3-6-21(14-23(18)37-27-33-7-8-39(27)25-15-24(32-2)34-17-35-25)36-26(40)19-4-5-20(22(13-19)28(29,30)31)16-38-9-11-41-12-10-38/h3-8,13-15,17H,9-12,16H2,1-2H3,(H,33,37)(H,36,40)(H,32,34,35). The van der Waals surface area contributed by atoms with Crippen LogP contribution in [-0.2, 0) is 17.5 Å². The fourth-order valence-corrected chi connectivity index (χ4v) is 4.47. The molecule has 0 aliphatic carbocycles. The first-order valence-corrected chi connectivity index (χ1v) is 12.9. The molecule has 1 aliphatic heterocycles. The van der Waals surface area contributed by atoms with Crippen molar-refractivity contribution in [3.05, 3.63) is 83.4 Å². The van der Waals surface area contributed by atoms with E-state index >= 15 is 0 Å². The highest BCUT2D eigenvalue weighted by Crippen LogP contribution is 2.34. The number of nitrogens with zero attached hydrogens (tertiary/aromatic N) is 5. The molecule has 1 amide bonds. The Hall–Kier alpha value is -4.49. The van der Waals surface area contributed by atoms with Crippen molar-refractivity contribution in [2.75, 3.05) is 49.3 Å². The number of carbonyl (C=O) groups is 1. The van der Waals surface area contributed by atoms with Crippen molar-refractivity contribution < 1.29 is 22.7 Å². The van der Waals surface area contributed by atoms with Crippen molar-refractivity contribution in [1.82, 2.24) is 24.4 Å². The summed E-state index contributed by atoms with van der Waals surface area (Å²) >= 11 is 0. The van der Waals surface area contributed by atoms with E-state index in [1.54, 1.807) is 48.3 Å². The number of imidazole rings is 1. The van der Waals surface area contributed by atoms with Crippen molar-refractivity contribution in [2.24, 2.45) is 0 Å². The molecular weight excluding hydrogens is 537 g/mol. The van der Waals surface area contributed by atoms with Crippen LogP contribution in [0.2, 0.25) is 0 Å². The van der Waals surface area contributed by atoms with E-state index in [9.17, 15) is 18.0 Å². The maximum atomic E-state index is 13.9. The van der Waals surface area contributed by atoms with E-state index in [2.05, 4.69) is 30.9 Å². The molecule has 4 aromatic rings. The molecule has 5 rings (SSSR count). The van der Waals surface area contributed by atoms with Crippen molar-refractivity contribution in [1.29, 1.82) is 0 Å². The topological polar surface area (TPSA) is 109 Å². The molecule has 0 unspecified atom stereocenters. The highest BCUT2D eigenvalue weighted by Gasteiger charge is 2.34. The number of rotatable bonds is 8. The molecule has 3 heterocycles. The molecular formula is C28H29F3N8O2. The Morgan fingerprint density at radius 1 is 1.05 bits per heavy atom. The number of aryl methyl sites for hydroxylation is 1. The average Bonchev–Trinajstić information content (AvgIpc) is 3.43. The number of carbonyl (C=O) groups excluding carboxylic acids is 1. The van der Waals surface area contributed by atoms with Crippen LogP contribution in [0.1, 0.15) is 27.0 Å². The number of nitrogens with one attached hydrogen (secondary N) is 3. The summed E-state index contributed by atoms with van der Waals surface area (Å²) in [5.41, 5.74) is 1.14. The van der Waals surface area contributed by atoms with Gasteiger partial charge in [-0.15, -0.1) is 0 Å². The zero-order valence-corrected chi connectivity index (χ0v) is 22.5. The van der Waals surface area contributed by atoms with Crippen LogP contribution in [0.15, 0.2) is 61.2 Å². The van der Waals surface area contributed by atoms with Crippen molar-refractivity contribution in [3.63, 3.8) is 0 Å². The summed E-state index contributed by atoms with van der Waals surface area (Å²) in [7, 11) is 1.76. The highest BCUT2D eigenvalue weighted by atomic mass is 19.4. The van der Waals surface area contributed by atoms with Gasteiger partial charge in [-0.1, -0.05) is 12.1 Å². The maximum absolute atomic E-state index is 13.9. The molecule has 0 bridgehead atoms. The number of halogens is 3. The molecule has 2 aromatic carbocycles. The summed E-state index contributed by atoms with van der Waals surface area (Å²) in [5, 5.41) is 8.92. The number of hydrogen-bond donors (Lipinski definition) is 3. The predicted molar refractivity (Wildman–Crippen MR) is 149 cm³/mol. The molecule has 0 atom stereocenters. The van der Waals surface area contributed by atoms with Crippen LogP contribution in [0.5, 0.6) is 0 Å². The van der Waals surface area contributed by atoms with Gasteiger partial charge in [-0.25, -0.2) is 15.0 Å². The Kier molecular flexibility index (Phi) is 8.17. The van der Waals surface area contributed by atoms with E-state index in [-0.39, 0.29) is 17.7 Å². The molecule has 1 fully saturated rings. The molecule has 10 nitrogen and oxygen atoms in total. The van der Waals surface area contributed by atoms with Gasteiger partial charge in [0.1, 0.15) is 18.0 Å². The normalized spacial score (nSPS) is 14.1. The first kappa shape index (κ1) is 28.1. The Balaban J connectivity index is 1.34. The zero-order valence-electron chi connectivity index (χ0n) is 22.5. The summed E-state index contributed by atoms with van der Waals surface area (Å²) in [4.78, 5) is 27.7. The van der Waals surface area contributed by atoms with Gasteiger partial charge in [-0.2, -0.15) is 13.2 Å². The summed E-state index contributed by atoms with van der Waals surface area (Å²) in [6.07, 6.45) is 0.196. The lowest BCUT2D eigenvalue weighted by molar-refractivity contribution is -0.138. The number of alkyl halides is 3. The first-order valence-electron chi connectivity index (χ1n) is 12.9. The monoisotopic (exact) mass is 566 g/mol. The fraction of sp³-hybridized carbons (Fsp3) is 0.286. The zero-order chi connectivity index (χ0) is 29.0. The van der Waals surface area contributed by atoms with Gasteiger partial charge in [0.05, 0.1) is 18.8 Å². The second-order valence-electron chi connectivity index (χ2n) is 9.50. The number of benzene rings is 2. The van der Waals surface area contributed by atoms with Crippen LogP contribution in [-0.4, -0.2) is 63.7 Å². The number of amides is 1. The number of anilines is 4. The van der Waals surface area contributed by atoms with Gasteiger partial charge >= 0.3 is 6.18 Å². The highest BCUT2D eigenvalue weighted by molar-refractivity contribution is 6.04. The Labute approximate surface area is 234 Å². The van der Waals surface area contributed by atoms with Crippen molar-refractivity contribution in [3.8, 4) is 5.82 Å². The maximum Gasteiger partial charge on any atom is 0.416 e. The van der Waals surface area contributed by atoms with E-state index in [0.29, 0.717) is 55.3 Å². The molecule has 0 spiro atoms. The minimum Gasteiger partial charge on any atom is -0.379 e. The number of ether oxygens (including phenoxy) is 1. The summed E-state index contributed by atoms with van der Waals surface area (Å²) in [6.45, 7) is 4.09. The number of aromatic nitrogens is 4. The van der Waals surface area contributed by atoms with Gasteiger partial charge in [0.2, 0.25) is 5.95 Å². The quantitative estimate of drug-likeness (QED) is 0.278. The average molecular weight is 567 g/mol. The molecule has 214 valence electrons. The smallest absolute Gasteiger partial charge is 0.379 e. The third-order valence-electron chi connectivity index (χ3n) is 6.71.